The Labute approximate surface area is 204 Å². The molecule has 0 amide bonds. The Bertz CT molecular complexity index is 1190. The van der Waals surface area contributed by atoms with E-state index < -0.39 is 6.04 Å². The van der Waals surface area contributed by atoms with Crippen LogP contribution < -0.4 is 21.3 Å². The Hall–Kier alpha value is -3.29. The third-order valence-corrected chi connectivity index (χ3v) is 7.23. The molecule has 0 aliphatic carbocycles. The molecule has 1 fully saturated rings. The second kappa shape index (κ2) is 10.3. The molecule has 174 valence electrons. The second-order valence-corrected chi connectivity index (χ2v) is 9.42. The van der Waals surface area contributed by atoms with Crippen LogP contribution in [0, 0.1) is 0 Å². The topological polar surface area (TPSA) is 78.1 Å². The van der Waals surface area contributed by atoms with E-state index in [1.54, 1.807) is 11.8 Å². The molecule has 1 atom stereocenters. The van der Waals surface area contributed by atoms with Crippen LogP contribution in [0.4, 0.5) is 23.0 Å². The Kier molecular flexibility index (Phi) is 6.83. The molecule has 2 aromatic carbocycles. The molecular weight excluding hydrogens is 442 g/mol. The fourth-order valence-corrected chi connectivity index (χ4v) is 5.20. The van der Waals surface area contributed by atoms with Crippen LogP contribution in [0.1, 0.15) is 41.5 Å². The zero-order chi connectivity index (χ0) is 23.3. The van der Waals surface area contributed by atoms with Crippen molar-refractivity contribution in [2.75, 3.05) is 30.0 Å². The number of piperidine rings is 1. The highest BCUT2D eigenvalue weighted by Gasteiger charge is 2.23. The Morgan fingerprint density at radius 3 is 2.62 bits per heavy atom. The number of nitrogens with one attached hydrogen (secondary N) is 4. The van der Waals surface area contributed by atoms with Crippen molar-refractivity contribution in [1.82, 2.24) is 15.6 Å². The zero-order valence-electron chi connectivity index (χ0n) is 19.2. The summed E-state index contributed by atoms with van der Waals surface area (Å²) in [6.45, 7) is 2.15. The van der Waals surface area contributed by atoms with Gasteiger partial charge in [-0.1, -0.05) is 24.3 Å². The van der Waals surface area contributed by atoms with E-state index in [4.69, 9.17) is 4.98 Å². The van der Waals surface area contributed by atoms with Crippen molar-refractivity contribution in [3.8, 4) is 0 Å². The highest BCUT2D eigenvalue weighted by Crippen LogP contribution is 2.35. The molecule has 3 aromatic rings. The summed E-state index contributed by atoms with van der Waals surface area (Å²) in [7, 11) is 0. The van der Waals surface area contributed by atoms with Gasteiger partial charge >= 0.3 is 0 Å². The lowest BCUT2D eigenvalue weighted by Crippen LogP contribution is -2.26. The minimum absolute atomic E-state index is 0.448. The summed E-state index contributed by atoms with van der Waals surface area (Å²) >= 11 is 1.69. The monoisotopic (exact) mass is 471 g/mol. The summed E-state index contributed by atoms with van der Waals surface area (Å²) in [5.74, 6) is 2.01. The van der Waals surface area contributed by atoms with Gasteiger partial charge in [0, 0.05) is 16.1 Å². The number of para-hydroxylation sites is 1. The van der Waals surface area contributed by atoms with Crippen LogP contribution in [-0.2, 0) is 4.79 Å². The number of pyridine rings is 1. The molecule has 34 heavy (non-hydrogen) atoms. The Balaban J connectivity index is 1.47. The molecule has 0 bridgehead atoms. The van der Waals surface area contributed by atoms with Crippen LogP contribution in [0.3, 0.4) is 0 Å². The maximum absolute atomic E-state index is 11.8. The SMILES string of the molecule is CSc1ccccc1Nc1cc2c(c(Nc3ccc(C4CCNCC4)cc3)n1)C(C=O)NC=C2. The summed E-state index contributed by atoms with van der Waals surface area (Å²) in [5, 5.41) is 13.5. The van der Waals surface area contributed by atoms with Crippen molar-refractivity contribution in [1.29, 1.82) is 0 Å². The average Bonchev–Trinajstić information content (AvgIpc) is 2.89. The molecule has 1 unspecified atom stereocenters. The lowest BCUT2D eigenvalue weighted by atomic mass is 9.90. The van der Waals surface area contributed by atoms with Crippen LogP contribution in [-0.4, -0.2) is 30.6 Å². The molecule has 1 aromatic heterocycles. The van der Waals surface area contributed by atoms with Crippen LogP contribution >= 0.6 is 11.8 Å². The Morgan fingerprint density at radius 2 is 1.85 bits per heavy atom. The predicted molar refractivity (Wildman–Crippen MR) is 141 cm³/mol. The molecular formula is C27H29N5OS. The number of hydrogen-bond acceptors (Lipinski definition) is 7. The summed E-state index contributed by atoms with van der Waals surface area (Å²) in [6, 6.07) is 18.3. The molecule has 6 nitrogen and oxygen atoms in total. The smallest absolute Gasteiger partial charge is 0.146 e. The van der Waals surface area contributed by atoms with Crippen LogP contribution in [0.5, 0.6) is 0 Å². The van der Waals surface area contributed by atoms with Gasteiger partial charge < -0.3 is 26.1 Å². The number of carbonyl (C=O) groups excluding carboxylic acids is 1. The van der Waals surface area contributed by atoms with Gasteiger partial charge in [0.15, 0.2) is 0 Å². The van der Waals surface area contributed by atoms with Gasteiger partial charge in [-0.15, -0.1) is 11.8 Å². The van der Waals surface area contributed by atoms with Gasteiger partial charge in [-0.2, -0.15) is 0 Å². The van der Waals surface area contributed by atoms with Crippen LogP contribution in [0.2, 0.25) is 0 Å². The highest BCUT2D eigenvalue weighted by molar-refractivity contribution is 7.98. The number of rotatable bonds is 7. The standard InChI is InChI=1S/C27H29N5OS/c1-34-24-5-3-2-4-22(24)31-25-16-20-12-15-29-23(17-33)26(20)27(32-25)30-21-8-6-18(7-9-21)19-10-13-28-14-11-19/h2-9,12,15-17,19,23,28-29H,10-11,13-14H2,1H3,(H2,30,31,32). The molecule has 0 radical (unpaired) electrons. The normalized spacial score (nSPS) is 17.5. The second-order valence-electron chi connectivity index (χ2n) is 8.57. The first-order chi connectivity index (χ1) is 16.7. The summed E-state index contributed by atoms with van der Waals surface area (Å²) in [6.07, 6.45) is 9.13. The van der Waals surface area contributed by atoms with E-state index in [0.29, 0.717) is 11.7 Å². The van der Waals surface area contributed by atoms with Gasteiger partial charge in [0.1, 0.15) is 24.0 Å². The van der Waals surface area contributed by atoms with E-state index in [-0.39, 0.29) is 0 Å². The minimum atomic E-state index is -0.448. The maximum atomic E-state index is 11.8. The predicted octanol–water partition coefficient (Wildman–Crippen LogP) is 5.57. The van der Waals surface area contributed by atoms with E-state index in [9.17, 15) is 4.79 Å². The number of aldehydes is 1. The molecule has 5 rings (SSSR count). The summed E-state index contributed by atoms with van der Waals surface area (Å²) < 4.78 is 0. The number of nitrogens with zero attached hydrogens (tertiary/aromatic N) is 1. The number of anilines is 4. The number of fused-ring (bicyclic) bond motifs is 1. The molecule has 4 N–H and O–H groups in total. The Morgan fingerprint density at radius 1 is 1.06 bits per heavy atom. The lowest BCUT2D eigenvalue weighted by Gasteiger charge is -2.24. The number of benzene rings is 2. The van der Waals surface area contributed by atoms with Crippen molar-refractivity contribution >= 4 is 47.1 Å². The van der Waals surface area contributed by atoms with Gasteiger partial charge in [0.2, 0.25) is 0 Å². The molecule has 2 aliphatic heterocycles. The summed E-state index contributed by atoms with van der Waals surface area (Å²) in [4.78, 5) is 17.9. The van der Waals surface area contributed by atoms with Crippen molar-refractivity contribution < 1.29 is 4.79 Å². The number of aromatic nitrogens is 1. The number of carbonyl (C=O) groups is 1. The lowest BCUT2D eigenvalue weighted by molar-refractivity contribution is -0.109. The number of thioether (sulfide) groups is 1. The largest absolute Gasteiger partial charge is 0.378 e. The van der Waals surface area contributed by atoms with E-state index in [0.717, 1.165) is 52.6 Å². The van der Waals surface area contributed by atoms with E-state index in [1.165, 1.54) is 18.4 Å². The first kappa shape index (κ1) is 22.5. The fourth-order valence-electron chi connectivity index (χ4n) is 4.65. The minimum Gasteiger partial charge on any atom is -0.378 e. The van der Waals surface area contributed by atoms with Crippen molar-refractivity contribution in [2.45, 2.75) is 29.7 Å². The van der Waals surface area contributed by atoms with E-state index >= 15 is 0 Å². The van der Waals surface area contributed by atoms with Crippen molar-refractivity contribution in [2.24, 2.45) is 0 Å². The first-order valence-electron chi connectivity index (χ1n) is 11.7. The average molecular weight is 472 g/mol. The van der Waals surface area contributed by atoms with Gasteiger partial charge in [-0.3, -0.25) is 0 Å². The number of hydrogen-bond donors (Lipinski definition) is 4. The van der Waals surface area contributed by atoms with Crippen molar-refractivity contribution in [3.05, 3.63) is 77.5 Å². The van der Waals surface area contributed by atoms with Gasteiger partial charge in [-0.25, -0.2) is 4.98 Å². The van der Waals surface area contributed by atoms with Crippen LogP contribution in [0.15, 0.2) is 65.7 Å². The first-order valence-corrected chi connectivity index (χ1v) is 12.9. The molecule has 1 saturated heterocycles. The quantitative estimate of drug-likeness (QED) is 0.265. The van der Waals surface area contributed by atoms with Crippen molar-refractivity contribution in [3.63, 3.8) is 0 Å². The molecule has 0 saturated carbocycles. The molecule has 2 aliphatic rings. The highest BCUT2D eigenvalue weighted by atomic mass is 32.2. The summed E-state index contributed by atoms with van der Waals surface area (Å²) in [5.41, 5.74) is 5.15. The molecule has 3 heterocycles. The van der Waals surface area contributed by atoms with Crippen LogP contribution in [0.25, 0.3) is 6.08 Å². The van der Waals surface area contributed by atoms with Gasteiger partial charge in [0.05, 0.1) is 5.69 Å². The third kappa shape index (κ3) is 4.81. The third-order valence-electron chi connectivity index (χ3n) is 6.43. The zero-order valence-corrected chi connectivity index (χ0v) is 20.0. The van der Waals surface area contributed by atoms with Gasteiger partial charge in [0.25, 0.3) is 0 Å². The molecule has 7 heteroatoms. The molecule has 0 spiro atoms. The van der Waals surface area contributed by atoms with E-state index in [1.807, 2.05) is 36.5 Å². The van der Waals surface area contributed by atoms with Gasteiger partial charge in [-0.05, 0) is 91.8 Å². The van der Waals surface area contributed by atoms with E-state index in [2.05, 4.69) is 57.9 Å². The maximum Gasteiger partial charge on any atom is 0.146 e. The fraction of sp³-hybridized carbons (Fsp3) is 0.259.